The van der Waals surface area contributed by atoms with Crippen molar-refractivity contribution in [1.82, 2.24) is 10.2 Å². The van der Waals surface area contributed by atoms with Gasteiger partial charge in [0.05, 0.1) is 11.6 Å². The molecule has 0 saturated carbocycles. The van der Waals surface area contributed by atoms with Gasteiger partial charge in [-0.05, 0) is 23.3 Å². The number of aryl methyl sites for hydroxylation is 1. The van der Waals surface area contributed by atoms with E-state index in [1.54, 1.807) is 0 Å². The quantitative estimate of drug-likeness (QED) is 0.385. The van der Waals surface area contributed by atoms with Gasteiger partial charge >= 0.3 is 0 Å². The Kier molecular flexibility index (Phi) is 8.78. The molecule has 0 aliphatic carbocycles. The van der Waals surface area contributed by atoms with E-state index in [4.69, 9.17) is 0 Å². The standard InChI is InChI=1S/C22H31N4S/c1-23-13-16-25(4)19-27-18-17-26-14-11-21(12-15-26)6-5-20-7-9-22(10-8-20)24(2)3/h5-16,23H,17-19H2,1-4H3/q+1. The maximum Gasteiger partial charge on any atom is 0.169 e. The molecule has 144 valence electrons. The van der Waals surface area contributed by atoms with E-state index in [0.29, 0.717) is 0 Å². The second kappa shape index (κ2) is 11.3. The van der Waals surface area contributed by atoms with Crippen LogP contribution in [-0.4, -0.2) is 44.7 Å². The lowest BCUT2D eigenvalue weighted by atomic mass is 10.1. The van der Waals surface area contributed by atoms with Gasteiger partial charge in [-0.1, -0.05) is 24.3 Å². The summed E-state index contributed by atoms with van der Waals surface area (Å²) < 4.78 is 2.24. The van der Waals surface area contributed by atoms with Crippen LogP contribution in [0.15, 0.2) is 61.2 Å². The second-order valence-electron chi connectivity index (χ2n) is 6.59. The number of hydrogen-bond donors (Lipinski definition) is 1. The Balaban J connectivity index is 1.78. The minimum atomic E-state index is 0.992. The molecule has 0 aliphatic rings. The fourth-order valence-electron chi connectivity index (χ4n) is 2.43. The molecule has 2 aromatic rings. The van der Waals surface area contributed by atoms with E-state index in [9.17, 15) is 0 Å². The summed E-state index contributed by atoms with van der Waals surface area (Å²) in [5.74, 6) is 2.09. The van der Waals surface area contributed by atoms with Gasteiger partial charge in [0.2, 0.25) is 0 Å². The first kappa shape index (κ1) is 20.9. The zero-order chi connectivity index (χ0) is 19.5. The molecule has 0 fully saturated rings. The van der Waals surface area contributed by atoms with Gasteiger partial charge in [-0.25, -0.2) is 4.57 Å². The topological polar surface area (TPSA) is 22.4 Å². The van der Waals surface area contributed by atoms with E-state index in [2.05, 4.69) is 108 Å². The Morgan fingerprint density at radius 1 is 0.963 bits per heavy atom. The summed E-state index contributed by atoms with van der Waals surface area (Å²) in [7, 11) is 8.11. The summed E-state index contributed by atoms with van der Waals surface area (Å²) in [6.07, 6.45) is 12.6. The molecule has 0 aliphatic heterocycles. The molecule has 0 amide bonds. The summed E-state index contributed by atoms with van der Waals surface area (Å²) >= 11 is 1.93. The molecular weight excluding hydrogens is 352 g/mol. The minimum Gasteiger partial charge on any atom is -0.393 e. The predicted octanol–water partition coefficient (Wildman–Crippen LogP) is 3.52. The average molecular weight is 384 g/mol. The number of nitrogens with zero attached hydrogens (tertiary/aromatic N) is 3. The van der Waals surface area contributed by atoms with Crippen LogP contribution < -0.4 is 14.8 Å². The van der Waals surface area contributed by atoms with Gasteiger partial charge in [0, 0.05) is 58.4 Å². The van der Waals surface area contributed by atoms with Crippen molar-refractivity contribution in [2.24, 2.45) is 0 Å². The van der Waals surface area contributed by atoms with Gasteiger partial charge in [-0.15, -0.1) is 11.8 Å². The van der Waals surface area contributed by atoms with Crippen molar-refractivity contribution in [2.75, 3.05) is 44.7 Å². The van der Waals surface area contributed by atoms with Crippen LogP contribution in [0.5, 0.6) is 0 Å². The number of hydrogen-bond acceptors (Lipinski definition) is 4. The predicted molar refractivity (Wildman–Crippen MR) is 120 cm³/mol. The Morgan fingerprint density at radius 3 is 2.19 bits per heavy atom. The third-order valence-corrected chi connectivity index (χ3v) is 5.14. The molecule has 0 saturated heterocycles. The third-order valence-electron chi connectivity index (χ3n) is 4.08. The number of benzene rings is 1. The fourth-order valence-corrected chi connectivity index (χ4v) is 3.27. The fraction of sp³-hybridized carbons (Fsp3) is 0.318. The summed E-state index contributed by atoms with van der Waals surface area (Å²) in [5.41, 5.74) is 3.65. The van der Waals surface area contributed by atoms with Gasteiger partial charge in [0.15, 0.2) is 18.9 Å². The van der Waals surface area contributed by atoms with Crippen molar-refractivity contribution in [3.05, 3.63) is 72.3 Å². The molecule has 4 nitrogen and oxygen atoms in total. The second-order valence-corrected chi connectivity index (χ2v) is 7.66. The highest BCUT2D eigenvalue weighted by Crippen LogP contribution is 2.14. The maximum absolute atomic E-state index is 3.00. The van der Waals surface area contributed by atoms with Gasteiger partial charge in [-0.2, -0.15) is 0 Å². The highest BCUT2D eigenvalue weighted by molar-refractivity contribution is 7.99. The Morgan fingerprint density at radius 2 is 1.59 bits per heavy atom. The normalized spacial score (nSPS) is 11.3. The number of anilines is 1. The molecule has 5 heteroatoms. The van der Waals surface area contributed by atoms with Crippen molar-refractivity contribution in [3.8, 4) is 0 Å². The molecular formula is C22H31N4S+. The van der Waals surface area contributed by atoms with Gasteiger partial charge in [0.25, 0.3) is 0 Å². The van der Waals surface area contributed by atoms with E-state index >= 15 is 0 Å². The number of rotatable bonds is 10. The van der Waals surface area contributed by atoms with E-state index in [1.165, 1.54) is 16.8 Å². The highest BCUT2D eigenvalue weighted by Gasteiger charge is 2.01. The van der Waals surface area contributed by atoms with Gasteiger partial charge in [0.1, 0.15) is 0 Å². The highest BCUT2D eigenvalue weighted by atomic mass is 32.2. The summed E-state index contributed by atoms with van der Waals surface area (Å²) in [5, 5.41) is 3.00. The van der Waals surface area contributed by atoms with Crippen LogP contribution >= 0.6 is 11.8 Å². The lowest BCUT2D eigenvalue weighted by molar-refractivity contribution is -0.692. The van der Waals surface area contributed by atoms with Crippen LogP contribution in [0.2, 0.25) is 0 Å². The van der Waals surface area contributed by atoms with Crippen LogP contribution in [0, 0.1) is 0 Å². The molecule has 0 bridgehead atoms. The van der Waals surface area contributed by atoms with Crippen molar-refractivity contribution in [2.45, 2.75) is 6.54 Å². The summed E-state index contributed by atoms with van der Waals surface area (Å²) in [4.78, 5) is 4.28. The maximum atomic E-state index is 3.00. The van der Waals surface area contributed by atoms with E-state index < -0.39 is 0 Å². The smallest absolute Gasteiger partial charge is 0.169 e. The van der Waals surface area contributed by atoms with E-state index in [-0.39, 0.29) is 0 Å². The van der Waals surface area contributed by atoms with Crippen molar-refractivity contribution in [3.63, 3.8) is 0 Å². The number of nitrogens with one attached hydrogen (secondary N) is 1. The van der Waals surface area contributed by atoms with Gasteiger partial charge in [-0.3, -0.25) is 0 Å². The zero-order valence-corrected chi connectivity index (χ0v) is 17.6. The largest absolute Gasteiger partial charge is 0.393 e. The molecule has 2 rings (SSSR count). The SMILES string of the molecule is CNC=CN(C)CSCC[n+]1ccc(C=Cc2ccc(N(C)C)cc2)cc1. The van der Waals surface area contributed by atoms with Crippen LogP contribution in [0.25, 0.3) is 12.2 Å². The van der Waals surface area contributed by atoms with Crippen molar-refractivity contribution >= 4 is 29.6 Å². The van der Waals surface area contributed by atoms with Crippen LogP contribution in [0.4, 0.5) is 5.69 Å². The lowest BCUT2D eigenvalue weighted by Gasteiger charge is -2.12. The van der Waals surface area contributed by atoms with Crippen LogP contribution in [-0.2, 0) is 6.54 Å². The summed E-state index contributed by atoms with van der Waals surface area (Å²) in [6, 6.07) is 12.9. The third kappa shape index (κ3) is 7.79. The number of pyridine rings is 1. The molecule has 1 aromatic carbocycles. The molecule has 0 spiro atoms. The molecule has 27 heavy (non-hydrogen) atoms. The van der Waals surface area contributed by atoms with Gasteiger partial charge < -0.3 is 15.1 Å². The first-order valence-corrected chi connectivity index (χ1v) is 10.3. The Hall–Kier alpha value is -2.40. The molecule has 0 radical (unpaired) electrons. The van der Waals surface area contributed by atoms with E-state index in [0.717, 1.165) is 18.2 Å². The van der Waals surface area contributed by atoms with Crippen molar-refractivity contribution < 1.29 is 4.57 Å². The first-order chi connectivity index (χ1) is 13.1. The molecule has 0 atom stereocenters. The van der Waals surface area contributed by atoms with Crippen molar-refractivity contribution in [1.29, 1.82) is 0 Å². The molecule has 0 unspecified atom stereocenters. The monoisotopic (exact) mass is 383 g/mol. The van der Waals surface area contributed by atoms with Crippen LogP contribution in [0.3, 0.4) is 0 Å². The zero-order valence-electron chi connectivity index (χ0n) is 16.8. The molecule has 1 N–H and O–H groups in total. The van der Waals surface area contributed by atoms with E-state index in [1.807, 2.05) is 25.0 Å². The Bertz CT molecular complexity index is 721. The molecule has 1 aromatic heterocycles. The minimum absolute atomic E-state index is 0.992. The number of aromatic nitrogens is 1. The lowest BCUT2D eigenvalue weighted by Crippen LogP contribution is -2.34. The average Bonchev–Trinajstić information content (AvgIpc) is 2.69. The summed E-state index contributed by atoms with van der Waals surface area (Å²) in [6.45, 7) is 1.02. The number of thioether (sulfide) groups is 1. The first-order valence-electron chi connectivity index (χ1n) is 9.15. The Labute approximate surface area is 168 Å². The molecule has 1 heterocycles. The van der Waals surface area contributed by atoms with Crippen LogP contribution in [0.1, 0.15) is 11.1 Å².